The van der Waals surface area contributed by atoms with Gasteiger partial charge in [0.2, 0.25) is 5.88 Å². The minimum Gasteiger partial charge on any atom is -0.436 e. The molecule has 0 radical (unpaired) electrons. The van der Waals surface area contributed by atoms with Crippen molar-refractivity contribution in [3.8, 4) is 11.6 Å². The maximum Gasteiger partial charge on any atom is 0.238 e. The molecular formula is C12H8Br2ClNO2. The Balaban J connectivity index is 2.28. The van der Waals surface area contributed by atoms with Crippen LogP contribution in [0, 0.1) is 0 Å². The van der Waals surface area contributed by atoms with Gasteiger partial charge in [-0.3, -0.25) is 0 Å². The standard InChI is InChI=1S/C12H8Br2ClNO2/c13-8-1-2-11(9(14)4-8)18-12-10(15)3-7(6-17)5-16-12/h1-5,17H,6H2. The summed E-state index contributed by atoms with van der Waals surface area (Å²) in [6.07, 6.45) is 1.52. The molecule has 3 nitrogen and oxygen atoms in total. The van der Waals surface area contributed by atoms with Crippen LogP contribution in [0.4, 0.5) is 0 Å². The summed E-state index contributed by atoms with van der Waals surface area (Å²) >= 11 is 12.8. The van der Waals surface area contributed by atoms with E-state index in [2.05, 4.69) is 36.8 Å². The smallest absolute Gasteiger partial charge is 0.238 e. The highest BCUT2D eigenvalue weighted by molar-refractivity contribution is 9.11. The summed E-state index contributed by atoms with van der Waals surface area (Å²) in [5, 5.41) is 9.32. The van der Waals surface area contributed by atoms with Gasteiger partial charge in [-0.25, -0.2) is 4.98 Å². The summed E-state index contributed by atoms with van der Waals surface area (Å²) in [7, 11) is 0. The van der Waals surface area contributed by atoms with E-state index in [0.29, 0.717) is 22.2 Å². The Hall–Kier alpha value is -0.620. The molecular weight excluding hydrogens is 385 g/mol. The highest BCUT2D eigenvalue weighted by Crippen LogP contribution is 2.34. The number of nitrogens with zero attached hydrogens (tertiary/aromatic N) is 1. The van der Waals surface area contributed by atoms with Crippen molar-refractivity contribution in [3.05, 3.63) is 50.0 Å². The van der Waals surface area contributed by atoms with Crippen molar-refractivity contribution in [1.29, 1.82) is 0 Å². The predicted molar refractivity (Wildman–Crippen MR) is 77.1 cm³/mol. The molecule has 0 aliphatic carbocycles. The lowest BCUT2D eigenvalue weighted by Crippen LogP contribution is -1.92. The van der Waals surface area contributed by atoms with E-state index < -0.39 is 0 Å². The minimum atomic E-state index is -0.102. The Labute approximate surface area is 126 Å². The van der Waals surface area contributed by atoms with Gasteiger partial charge in [0.15, 0.2) is 0 Å². The van der Waals surface area contributed by atoms with Gasteiger partial charge >= 0.3 is 0 Å². The van der Waals surface area contributed by atoms with E-state index in [1.54, 1.807) is 12.1 Å². The van der Waals surface area contributed by atoms with Gasteiger partial charge in [-0.15, -0.1) is 0 Å². The third-order valence-corrected chi connectivity index (χ3v) is 3.53. The first-order valence-corrected chi connectivity index (χ1v) is 6.94. The van der Waals surface area contributed by atoms with Crippen LogP contribution in [-0.4, -0.2) is 10.1 Å². The second-order valence-corrected chi connectivity index (χ2v) is 5.64. The van der Waals surface area contributed by atoms with Crippen molar-refractivity contribution in [3.63, 3.8) is 0 Å². The highest BCUT2D eigenvalue weighted by Gasteiger charge is 2.08. The molecule has 0 amide bonds. The molecule has 2 rings (SSSR count). The zero-order valence-corrected chi connectivity index (χ0v) is 13.0. The van der Waals surface area contributed by atoms with Crippen molar-refractivity contribution in [1.82, 2.24) is 4.98 Å². The first-order chi connectivity index (χ1) is 8.60. The summed E-state index contributed by atoms with van der Waals surface area (Å²) in [5.74, 6) is 0.918. The molecule has 0 spiro atoms. The molecule has 0 saturated heterocycles. The van der Waals surface area contributed by atoms with Gasteiger partial charge in [-0.2, -0.15) is 0 Å². The van der Waals surface area contributed by atoms with Gasteiger partial charge in [0.25, 0.3) is 0 Å². The minimum absolute atomic E-state index is 0.102. The van der Waals surface area contributed by atoms with Crippen LogP contribution in [0.1, 0.15) is 5.56 Å². The van der Waals surface area contributed by atoms with Crippen molar-refractivity contribution in [2.24, 2.45) is 0 Å². The topological polar surface area (TPSA) is 42.4 Å². The fourth-order valence-corrected chi connectivity index (χ4v) is 2.64. The number of aromatic nitrogens is 1. The molecule has 2 aromatic rings. The molecule has 0 saturated carbocycles. The Morgan fingerprint density at radius 1 is 1.28 bits per heavy atom. The first-order valence-electron chi connectivity index (χ1n) is 4.98. The van der Waals surface area contributed by atoms with E-state index >= 15 is 0 Å². The van der Waals surface area contributed by atoms with Crippen LogP contribution < -0.4 is 4.74 Å². The number of aliphatic hydroxyl groups excluding tert-OH is 1. The van der Waals surface area contributed by atoms with E-state index in [1.165, 1.54) is 6.20 Å². The van der Waals surface area contributed by atoms with Crippen molar-refractivity contribution in [2.45, 2.75) is 6.61 Å². The zero-order valence-electron chi connectivity index (χ0n) is 9.03. The van der Waals surface area contributed by atoms with Crippen LogP contribution in [0.25, 0.3) is 0 Å². The molecule has 0 unspecified atom stereocenters. The Kier molecular flexibility index (Phi) is 4.61. The van der Waals surface area contributed by atoms with Crippen LogP contribution in [0.5, 0.6) is 11.6 Å². The van der Waals surface area contributed by atoms with E-state index in [0.717, 1.165) is 8.95 Å². The van der Waals surface area contributed by atoms with Crippen LogP contribution >= 0.6 is 43.5 Å². The number of aliphatic hydroxyl groups is 1. The molecule has 0 aliphatic heterocycles. The molecule has 0 aliphatic rings. The maximum absolute atomic E-state index is 8.97. The van der Waals surface area contributed by atoms with Crippen LogP contribution in [0.2, 0.25) is 5.02 Å². The van der Waals surface area contributed by atoms with Gasteiger partial charge in [-0.05, 0) is 45.8 Å². The maximum atomic E-state index is 8.97. The molecule has 0 atom stereocenters. The normalized spacial score (nSPS) is 10.4. The van der Waals surface area contributed by atoms with E-state index in [1.807, 2.05) is 12.1 Å². The number of hydrogen-bond acceptors (Lipinski definition) is 3. The van der Waals surface area contributed by atoms with Gasteiger partial charge in [0.1, 0.15) is 10.8 Å². The summed E-state index contributed by atoms with van der Waals surface area (Å²) in [5.41, 5.74) is 0.641. The molecule has 0 bridgehead atoms. The predicted octanol–water partition coefficient (Wildman–Crippen LogP) is 4.54. The van der Waals surface area contributed by atoms with Crippen molar-refractivity contribution >= 4 is 43.5 Å². The average Bonchev–Trinajstić information content (AvgIpc) is 2.34. The van der Waals surface area contributed by atoms with Crippen LogP contribution in [-0.2, 0) is 6.61 Å². The molecule has 18 heavy (non-hydrogen) atoms. The number of benzene rings is 1. The summed E-state index contributed by atoms with van der Waals surface area (Å²) in [4.78, 5) is 4.06. The van der Waals surface area contributed by atoms with Crippen molar-refractivity contribution in [2.75, 3.05) is 0 Å². The molecule has 6 heteroatoms. The van der Waals surface area contributed by atoms with E-state index in [9.17, 15) is 0 Å². The van der Waals surface area contributed by atoms with Gasteiger partial charge in [0, 0.05) is 10.7 Å². The third-order valence-electron chi connectivity index (χ3n) is 2.15. The molecule has 1 N–H and O–H groups in total. The largest absolute Gasteiger partial charge is 0.436 e. The van der Waals surface area contributed by atoms with E-state index in [-0.39, 0.29) is 6.61 Å². The summed E-state index contributed by atoms with van der Waals surface area (Å²) in [6, 6.07) is 7.14. The number of halogens is 3. The van der Waals surface area contributed by atoms with E-state index in [4.69, 9.17) is 21.4 Å². The molecule has 1 heterocycles. The summed E-state index contributed by atoms with van der Waals surface area (Å²) < 4.78 is 7.34. The quantitative estimate of drug-likeness (QED) is 0.832. The van der Waals surface area contributed by atoms with Crippen molar-refractivity contribution < 1.29 is 9.84 Å². The molecule has 94 valence electrons. The Morgan fingerprint density at radius 3 is 2.67 bits per heavy atom. The molecule has 0 fully saturated rings. The second kappa shape index (κ2) is 6.02. The molecule has 1 aromatic carbocycles. The Morgan fingerprint density at radius 2 is 2.06 bits per heavy atom. The number of rotatable bonds is 3. The lowest BCUT2D eigenvalue weighted by atomic mass is 10.3. The number of pyridine rings is 1. The summed E-state index contributed by atoms with van der Waals surface area (Å²) in [6.45, 7) is -0.102. The molecule has 1 aromatic heterocycles. The van der Waals surface area contributed by atoms with Gasteiger partial charge < -0.3 is 9.84 Å². The SMILES string of the molecule is OCc1cnc(Oc2ccc(Br)cc2Br)c(Cl)c1. The first kappa shape index (κ1) is 13.8. The zero-order chi connectivity index (χ0) is 13.1. The second-order valence-electron chi connectivity index (χ2n) is 3.47. The van der Waals surface area contributed by atoms with Gasteiger partial charge in [0.05, 0.1) is 11.1 Å². The third kappa shape index (κ3) is 3.23. The average molecular weight is 393 g/mol. The lowest BCUT2D eigenvalue weighted by Gasteiger charge is -2.09. The number of hydrogen-bond donors (Lipinski definition) is 1. The fourth-order valence-electron chi connectivity index (χ4n) is 1.29. The fraction of sp³-hybridized carbons (Fsp3) is 0.0833. The Bertz CT molecular complexity index is 578. The highest BCUT2D eigenvalue weighted by atomic mass is 79.9. The van der Waals surface area contributed by atoms with Crippen LogP contribution in [0.15, 0.2) is 39.4 Å². The lowest BCUT2D eigenvalue weighted by molar-refractivity contribution is 0.281. The van der Waals surface area contributed by atoms with Crippen LogP contribution in [0.3, 0.4) is 0 Å². The monoisotopic (exact) mass is 391 g/mol. The number of ether oxygens (including phenoxy) is 1. The van der Waals surface area contributed by atoms with Gasteiger partial charge in [-0.1, -0.05) is 27.5 Å².